The molecule has 12 rings (SSSR count). The molecule has 6 nitrogen and oxygen atoms in total. The molecular formula is C47H25N3O3. The summed E-state index contributed by atoms with van der Waals surface area (Å²) in [6.45, 7) is 0. The summed E-state index contributed by atoms with van der Waals surface area (Å²) in [7, 11) is 0. The third kappa shape index (κ3) is 4.06. The topological polar surface area (TPSA) is 78.1 Å². The number of benzene rings is 8. The molecule has 0 fully saturated rings. The Morgan fingerprint density at radius 1 is 0.302 bits per heavy atom. The molecule has 12 aromatic rings. The van der Waals surface area contributed by atoms with Crippen LogP contribution in [0.2, 0.25) is 0 Å². The Morgan fingerprint density at radius 3 is 1.25 bits per heavy atom. The molecule has 0 atom stereocenters. The molecule has 0 spiro atoms. The normalized spacial score (nSPS) is 12.2. The van der Waals surface area contributed by atoms with Gasteiger partial charge in [-0.1, -0.05) is 115 Å². The average molecular weight is 680 g/mol. The number of fused-ring (bicyclic) bond motifs is 13. The molecule has 0 saturated carbocycles. The summed E-state index contributed by atoms with van der Waals surface area (Å²) in [6, 6.07) is 51.5. The summed E-state index contributed by atoms with van der Waals surface area (Å²) >= 11 is 0. The van der Waals surface area contributed by atoms with E-state index < -0.39 is 0 Å². The number of nitrogens with zero attached hydrogens (tertiary/aromatic N) is 3. The van der Waals surface area contributed by atoms with E-state index in [1.165, 1.54) is 0 Å². The van der Waals surface area contributed by atoms with E-state index in [4.69, 9.17) is 28.2 Å². The van der Waals surface area contributed by atoms with Crippen LogP contribution in [0, 0.1) is 0 Å². The van der Waals surface area contributed by atoms with Gasteiger partial charge in [-0.3, -0.25) is 0 Å². The molecule has 53 heavy (non-hydrogen) atoms. The van der Waals surface area contributed by atoms with E-state index >= 15 is 0 Å². The summed E-state index contributed by atoms with van der Waals surface area (Å²) in [5, 5.41) is 10.1. The zero-order valence-corrected chi connectivity index (χ0v) is 28.0. The molecule has 0 saturated heterocycles. The van der Waals surface area contributed by atoms with Crippen LogP contribution in [0.4, 0.5) is 0 Å². The maximum Gasteiger partial charge on any atom is 0.167 e. The summed E-state index contributed by atoms with van der Waals surface area (Å²) < 4.78 is 19.7. The highest BCUT2D eigenvalue weighted by Crippen LogP contribution is 2.44. The van der Waals surface area contributed by atoms with Crippen LogP contribution in [0.1, 0.15) is 0 Å². The van der Waals surface area contributed by atoms with Crippen molar-refractivity contribution in [3.8, 4) is 34.2 Å². The second-order valence-corrected chi connectivity index (χ2v) is 13.5. The number of hydrogen-bond acceptors (Lipinski definition) is 6. The average Bonchev–Trinajstić information content (AvgIpc) is 3.92. The molecule has 0 aliphatic rings. The van der Waals surface area contributed by atoms with E-state index in [-0.39, 0.29) is 0 Å². The summed E-state index contributed by atoms with van der Waals surface area (Å²) in [4.78, 5) is 16.0. The van der Waals surface area contributed by atoms with E-state index in [1.807, 2.05) is 91.0 Å². The minimum atomic E-state index is 0.512. The molecule has 0 aliphatic carbocycles. The van der Waals surface area contributed by atoms with E-state index in [2.05, 4.69) is 60.7 Å². The first-order valence-electron chi connectivity index (χ1n) is 17.6. The fourth-order valence-corrected chi connectivity index (χ4v) is 8.13. The van der Waals surface area contributed by atoms with Crippen LogP contribution in [0.3, 0.4) is 0 Å². The predicted molar refractivity (Wildman–Crippen MR) is 213 cm³/mol. The lowest BCUT2D eigenvalue weighted by Gasteiger charge is -2.12. The fourth-order valence-electron chi connectivity index (χ4n) is 8.13. The number of aromatic nitrogens is 3. The SMILES string of the molecule is c1ccc2c(c1)cc(-c1nc(-c3cccc4c3oc3ccccc34)nc(-c3cc4ccccc4c4oc5ccccc5c34)n1)c1c3ccccc3oc21. The van der Waals surface area contributed by atoms with Gasteiger partial charge in [0.1, 0.15) is 33.5 Å². The molecule has 0 N–H and O–H groups in total. The summed E-state index contributed by atoms with van der Waals surface area (Å²) in [5.74, 6) is 1.59. The molecule has 0 bridgehead atoms. The molecule has 0 radical (unpaired) electrons. The first-order chi connectivity index (χ1) is 26.3. The second kappa shape index (κ2) is 10.6. The van der Waals surface area contributed by atoms with Gasteiger partial charge in [-0.15, -0.1) is 0 Å². The summed E-state index contributed by atoms with van der Waals surface area (Å²) in [6.07, 6.45) is 0. The van der Waals surface area contributed by atoms with Crippen LogP contribution >= 0.6 is 0 Å². The smallest absolute Gasteiger partial charge is 0.167 e. The Balaban J connectivity index is 1.24. The highest BCUT2D eigenvalue weighted by molar-refractivity contribution is 6.22. The van der Waals surface area contributed by atoms with Crippen molar-refractivity contribution in [3.05, 3.63) is 152 Å². The van der Waals surface area contributed by atoms with Gasteiger partial charge in [0.2, 0.25) is 0 Å². The fraction of sp³-hybridized carbons (Fsp3) is 0. The van der Waals surface area contributed by atoms with Gasteiger partial charge in [-0.2, -0.15) is 0 Å². The standard InChI is InChI=1S/C47H25N3O3/c1-3-14-28-26(12-1)24-35(40-32-17-6-9-22-38(32)52-43(28)40)46-48-45(34-20-11-19-31-30-16-5-8-21-37(30)51-42(31)34)49-47(50-46)36-25-27-13-2-4-15-29(27)44-41(36)33-18-7-10-23-39(33)53-44/h1-25H. The molecule has 0 amide bonds. The number of para-hydroxylation sites is 4. The van der Waals surface area contributed by atoms with Crippen molar-refractivity contribution in [1.82, 2.24) is 15.0 Å². The van der Waals surface area contributed by atoms with E-state index in [0.29, 0.717) is 17.5 Å². The third-order valence-corrected chi connectivity index (χ3v) is 10.5. The Labute approximate surface area is 300 Å². The van der Waals surface area contributed by atoms with Gasteiger partial charge in [0.15, 0.2) is 17.5 Å². The second-order valence-electron chi connectivity index (χ2n) is 13.5. The molecule has 8 aromatic carbocycles. The minimum Gasteiger partial charge on any atom is -0.455 e. The number of hydrogen-bond donors (Lipinski definition) is 0. The predicted octanol–water partition coefficient (Wildman–Crippen LogP) is 12.9. The van der Waals surface area contributed by atoms with Gasteiger partial charge in [0, 0.05) is 54.2 Å². The van der Waals surface area contributed by atoms with Crippen LogP contribution in [-0.4, -0.2) is 15.0 Å². The van der Waals surface area contributed by atoms with E-state index in [0.717, 1.165) is 104 Å². The largest absolute Gasteiger partial charge is 0.455 e. The Kier molecular flexibility index (Phi) is 5.68. The van der Waals surface area contributed by atoms with Crippen molar-refractivity contribution in [3.63, 3.8) is 0 Å². The van der Waals surface area contributed by atoms with Gasteiger partial charge in [-0.05, 0) is 47.2 Å². The first-order valence-corrected chi connectivity index (χ1v) is 17.6. The van der Waals surface area contributed by atoms with Gasteiger partial charge in [-0.25, -0.2) is 15.0 Å². The van der Waals surface area contributed by atoms with Crippen LogP contribution in [0.25, 0.3) is 122 Å². The number of rotatable bonds is 3. The van der Waals surface area contributed by atoms with Crippen LogP contribution in [0.5, 0.6) is 0 Å². The van der Waals surface area contributed by atoms with Crippen molar-refractivity contribution in [2.45, 2.75) is 0 Å². The maximum atomic E-state index is 6.59. The van der Waals surface area contributed by atoms with Crippen LogP contribution < -0.4 is 0 Å². The monoisotopic (exact) mass is 679 g/mol. The molecule has 0 aliphatic heterocycles. The van der Waals surface area contributed by atoms with Crippen molar-refractivity contribution in [1.29, 1.82) is 0 Å². The van der Waals surface area contributed by atoms with Crippen molar-refractivity contribution < 1.29 is 13.3 Å². The zero-order chi connectivity index (χ0) is 34.6. The van der Waals surface area contributed by atoms with Gasteiger partial charge < -0.3 is 13.3 Å². The Hall–Kier alpha value is -7.31. The minimum absolute atomic E-state index is 0.512. The van der Waals surface area contributed by atoms with E-state index in [1.54, 1.807) is 0 Å². The molecule has 4 heterocycles. The van der Waals surface area contributed by atoms with Crippen molar-refractivity contribution >= 4 is 87.4 Å². The highest BCUT2D eigenvalue weighted by Gasteiger charge is 2.24. The lowest BCUT2D eigenvalue weighted by molar-refractivity contribution is 0.669. The zero-order valence-electron chi connectivity index (χ0n) is 28.0. The Morgan fingerprint density at radius 2 is 0.698 bits per heavy atom. The summed E-state index contributed by atoms with van der Waals surface area (Å²) in [5.41, 5.74) is 7.27. The van der Waals surface area contributed by atoms with Gasteiger partial charge >= 0.3 is 0 Å². The maximum absolute atomic E-state index is 6.59. The van der Waals surface area contributed by atoms with Crippen molar-refractivity contribution in [2.24, 2.45) is 0 Å². The lowest BCUT2D eigenvalue weighted by atomic mass is 9.98. The van der Waals surface area contributed by atoms with E-state index in [9.17, 15) is 0 Å². The molecular weight excluding hydrogens is 655 g/mol. The highest BCUT2D eigenvalue weighted by atomic mass is 16.3. The van der Waals surface area contributed by atoms with Crippen LogP contribution in [-0.2, 0) is 0 Å². The molecule has 246 valence electrons. The third-order valence-electron chi connectivity index (χ3n) is 10.5. The molecule has 6 heteroatoms. The van der Waals surface area contributed by atoms with Crippen LogP contribution in [0.15, 0.2) is 165 Å². The Bertz CT molecular complexity index is 3310. The molecule has 4 aromatic heterocycles. The molecule has 0 unspecified atom stereocenters. The van der Waals surface area contributed by atoms with Gasteiger partial charge in [0.25, 0.3) is 0 Å². The lowest BCUT2D eigenvalue weighted by Crippen LogP contribution is -2.01. The van der Waals surface area contributed by atoms with Gasteiger partial charge in [0.05, 0.1) is 5.56 Å². The first kappa shape index (κ1) is 28.4. The van der Waals surface area contributed by atoms with Crippen molar-refractivity contribution in [2.75, 3.05) is 0 Å². The quantitative estimate of drug-likeness (QED) is 0.185. The number of furan rings is 3.